The van der Waals surface area contributed by atoms with E-state index in [1.54, 1.807) is 0 Å². The molecule has 1 heterocycles. The molecule has 1 aromatic rings. The Morgan fingerprint density at radius 1 is 1.53 bits per heavy atom. The monoisotopic (exact) mass is 292 g/mol. The second-order valence-electron chi connectivity index (χ2n) is 3.73. The normalized spacial score (nSPS) is 15.6. The van der Waals surface area contributed by atoms with E-state index in [0.29, 0.717) is 5.17 Å². The molecule has 1 aromatic carbocycles. The van der Waals surface area contributed by atoms with Crippen molar-refractivity contribution >= 4 is 32.9 Å². The minimum absolute atomic E-state index is 0.552. The van der Waals surface area contributed by atoms with E-state index in [9.17, 15) is 0 Å². The topological polar surface area (TPSA) is 39.1 Å². The second kappa shape index (κ2) is 5.24. The Kier molecular flexibility index (Phi) is 3.91. The van der Waals surface area contributed by atoms with Gasteiger partial charge in [0, 0.05) is 0 Å². The second-order valence-corrected chi connectivity index (χ2v) is 5.29. The summed E-state index contributed by atoms with van der Waals surface area (Å²) in [6, 6.07) is 6.25. The SMILES string of the molecule is CCc1ccc(NC)cc1N1C(=N)SC[C]1=[Co]. The molecule has 93 valence electrons. The molecule has 0 radical (unpaired) electrons. The quantitative estimate of drug-likeness (QED) is 0.899. The maximum atomic E-state index is 7.97. The van der Waals surface area contributed by atoms with Gasteiger partial charge in [0.2, 0.25) is 0 Å². The molecule has 0 unspecified atom stereocenters. The molecule has 3 nitrogen and oxygen atoms in total. The first-order valence-corrected chi connectivity index (χ1v) is 6.99. The molecule has 1 fully saturated rings. The van der Waals surface area contributed by atoms with E-state index >= 15 is 0 Å². The third-order valence-corrected chi connectivity index (χ3v) is 4.26. The van der Waals surface area contributed by atoms with Gasteiger partial charge in [-0.25, -0.2) is 0 Å². The summed E-state index contributed by atoms with van der Waals surface area (Å²) in [6.07, 6.45) is 0.952. The van der Waals surface area contributed by atoms with Crippen LogP contribution in [0.3, 0.4) is 0 Å². The van der Waals surface area contributed by atoms with Gasteiger partial charge in [-0.2, -0.15) is 0 Å². The van der Waals surface area contributed by atoms with Gasteiger partial charge in [0.25, 0.3) is 0 Å². The summed E-state index contributed by atoms with van der Waals surface area (Å²) >= 11 is 6.04. The number of hydrogen-bond acceptors (Lipinski definition) is 3. The zero-order valence-corrected chi connectivity index (χ0v) is 11.7. The number of nitrogens with zero attached hydrogens (tertiary/aromatic N) is 1. The van der Waals surface area contributed by atoms with Crippen molar-refractivity contribution in [2.45, 2.75) is 13.3 Å². The molecule has 0 bridgehead atoms. The molecular formula is C12H15CoN3S. The number of aryl methyl sites for hydroxylation is 1. The van der Waals surface area contributed by atoms with Gasteiger partial charge in [-0.15, -0.1) is 0 Å². The molecule has 2 rings (SSSR count). The van der Waals surface area contributed by atoms with E-state index in [4.69, 9.17) is 5.41 Å². The predicted octanol–water partition coefficient (Wildman–Crippen LogP) is 2.46. The third-order valence-electron chi connectivity index (χ3n) is 2.75. The first kappa shape index (κ1) is 12.7. The van der Waals surface area contributed by atoms with Crippen LogP contribution in [-0.2, 0) is 21.7 Å². The van der Waals surface area contributed by atoms with Crippen molar-refractivity contribution in [1.82, 2.24) is 0 Å². The molecule has 2 N–H and O–H groups in total. The summed E-state index contributed by atoms with van der Waals surface area (Å²) < 4.78 is 0.926. The van der Waals surface area contributed by atoms with Gasteiger partial charge < -0.3 is 0 Å². The van der Waals surface area contributed by atoms with Crippen LogP contribution >= 0.6 is 11.8 Å². The molecule has 1 aliphatic heterocycles. The average molecular weight is 292 g/mol. The number of hydrogen-bond donors (Lipinski definition) is 2. The Morgan fingerprint density at radius 2 is 2.29 bits per heavy atom. The molecule has 17 heavy (non-hydrogen) atoms. The minimum atomic E-state index is 0.552. The van der Waals surface area contributed by atoms with Crippen LogP contribution < -0.4 is 10.2 Å². The van der Waals surface area contributed by atoms with Crippen LogP contribution in [0.2, 0.25) is 0 Å². The Hall–Kier alpha value is -0.784. The molecule has 1 aliphatic rings. The Balaban J connectivity index is 2.48. The van der Waals surface area contributed by atoms with Crippen molar-refractivity contribution in [2.75, 3.05) is 23.0 Å². The summed E-state index contributed by atoms with van der Waals surface area (Å²) in [4.78, 5) is 1.92. The molecule has 0 aromatic heterocycles. The van der Waals surface area contributed by atoms with E-state index < -0.39 is 0 Å². The number of benzene rings is 1. The molecule has 0 atom stereocenters. The average Bonchev–Trinajstić information content (AvgIpc) is 2.68. The summed E-state index contributed by atoms with van der Waals surface area (Å²) in [6.45, 7) is 2.13. The zero-order valence-electron chi connectivity index (χ0n) is 9.84. The Morgan fingerprint density at radius 3 is 2.82 bits per heavy atom. The standard InChI is InChI=1S/C12H15N3S.Co/c1-3-9-4-5-10(14-2)8-11(9)15-6-7-16-12(15)13;/h4-5,8,13-14H,3,7H2,1-2H3;. The van der Waals surface area contributed by atoms with Crippen molar-refractivity contribution in [3.8, 4) is 0 Å². The fourth-order valence-corrected chi connectivity index (χ4v) is 3.07. The maximum absolute atomic E-state index is 7.97. The van der Waals surface area contributed by atoms with Gasteiger partial charge >= 0.3 is 114 Å². The van der Waals surface area contributed by atoms with Crippen molar-refractivity contribution < 1.29 is 15.3 Å². The first-order chi connectivity index (χ1) is 8.17. The van der Waals surface area contributed by atoms with E-state index in [1.807, 2.05) is 11.9 Å². The third kappa shape index (κ3) is 2.41. The molecule has 5 heteroatoms. The van der Waals surface area contributed by atoms with Crippen LogP contribution in [-0.4, -0.2) is 22.5 Å². The van der Waals surface area contributed by atoms with Gasteiger partial charge in [-0.3, -0.25) is 0 Å². The molecule has 1 saturated heterocycles. The van der Waals surface area contributed by atoms with Gasteiger partial charge in [0.15, 0.2) is 0 Å². The van der Waals surface area contributed by atoms with Crippen LogP contribution in [0.1, 0.15) is 12.5 Å². The van der Waals surface area contributed by atoms with Crippen LogP contribution in [0.25, 0.3) is 0 Å². The van der Waals surface area contributed by atoms with Crippen molar-refractivity contribution in [3.63, 3.8) is 0 Å². The molecule has 0 amide bonds. The number of anilines is 2. The predicted molar refractivity (Wildman–Crippen MR) is 73.0 cm³/mol. The van der Waals surface area contributed by atoms with Crippen LogP contribution in [0.5, 0.6) is 0 Å². The van der Waals surface area contributed by atoms with Crippen LogP contribution in [0.15, 0.2) is 18.2 Å². The summed E-state index contributed by atoms with van der Waals surface area (Å²) in [5, 5.41) is 11.7. The Bertz CT molecular complexity index is 457. The van der Waals surface area contributed by atoms with Gasteiger partial charge in [-0.05, 0) is 0 Å². The number of rotatable bonds is 3. The van der Waals surface area contributed by atoms with Crippen molar-refractivity contribution in [2.24, 2.45) is 0 Å². The first-order valence-electron chi connectivity index (χ1n) is 5.48. The Labute approximate surface area is 114 Å². The van der Waals surface area contributed by atoms with Gasteiger partial charge in [0.05, 0.1) is 0 Å². The molecule has 0 spiro atoms. The number of thioether (sulfide) groups is 1. The van der Waals surface area contributed by atoms with E-state index in [0.717, 1.165) is 28.1 Å². The van der Waals surface area contributed by atoms with E-state index in [2.05, 4.69) is 45.7 Å². The number of nitrogens with one attached hydrogen (secondary N) is 2. The molecule has 0 aliphatic carbocycles. The molecular weight excluding hydrogens is 277 g/mol. The van der Waals surface area contributed by atoms with E-state index in [1.165, 1.54) is 17.3 Å². The number of amidine groups is 1. The van der Waals surface area contributed by atoms with Gasteiger partial charge in [0.1, 0.15) is 0 Å². The zero-order chi connectivity index (χ0) is 12.4. The fourth-order valence-electron chi connectivity index (χ4n) is 1.82. The van der Waals surface area contributed by atoms with E-state index in [-0.39, 0.29) is 0 Å². The summed E-state index contributed by atoms with van der Waals surface area (Å²) in [7, 11) is 1.90. The summed E-state index contributed by atoms with van der Waals surface area (Å²) in [5.74, 6) is 0.784. The van der Waals surface area contributed by atoms with Crippen molar-refractivity contribution in [3.05, 3.63) is 23.8 Å². The van der Waals surface area contributed by atoms with Crippen LogP contribution in [0.4, 0.5) is 11.4 Å². The van der Waals surface area contributed by atoms with Gasteiger partial charge in [-0.1, -0.05) is 0 Å². The molecule has 0 saturated carbocycles. The summed E-state index contributed by atoms with van der Waals surface area (Å²) in [5.41, 5.74) is 3.36. The fraction of sp³-hybridized carbons (Fsp3) is 0.333. The van der Waals surface area contributed by atoms with Crippen molar-refractivity contribution in [1.29, 1.82) is 5.41 Å². The van der Waals surface area contributed by atoms with Crippen LogP contribution in [0, 0.1) is 5.41 Å².